The standard InChI is InChI=1S/C20H19NO2/c22-20-17-9-5-4-8-16(17)19(21-10-12-23-13-11-21)18(20)14-15-6-2-1-3-7-15/h1-9,14,19H,10-13H2/b18-14+/t19-/m1/s1. The first-order chi connectivity index (χ1) is 11.3. The van der Waals surface area contributed by atoms with Crippen LogP contribution in [0.1, 0.15) is 27.5 Å². The highest BCUT2D eigenvalue weighted by atomic mass is 16.5. The van der Waals surface area contributed by atoms with E-state index in [-0.39, 0.29) is 11.8 Å². The maximum Gasteiger partial charge on any atom is 0.191 e. The molecule has 3 heteroatoms. The number of ether oxygens (including phenoxy) is 1. The highest BCUT2D eigenvalue weighted by Crippen LogP contribution is 2.41. The first-order valence-corrected chi connectivity index (χ1v) is 8.06. The molecule has 0 radical (unpaired) electrons. The summed E-state index contributed by atoms with van der Waals surface area (Å²) in [5.74, 6) is 0.154. The van der Waals surface area contributed by atoms with Crippen molar-refractivity contribution >= 4 is 11.9 Å². The molecule has 2 aromatic carbocycles. The number of carbonyl (C=O) groups excluding carboxylic acids is 1. The summed E-state index contributed by atoms with van der Waals surface area (Å²) in [5.41, 5.74) is 3.91. The number of hydrogen-bond acceptors (Lipinski definition) is 3. The summed E-state index contributed by atoms with van der Waals surface area (Å²) >= 11 is 0. The number of carbonyl (C=O) groups is 1. The van der Waals surface area contributed by atoms with Crippen LogP contribution in [-0.2, 0) is 4.74 Å². The molecule has 0 unspecified atom stereocenters. The minimum atomic E-state index is 0.0443. The summed E-state index contributed by atoms with van der Waals surface area (Å²) in [5, 5.41) is 0. The minimum absolute atomic E-state index is 0.0443. The van der Waals surface area contributed by atoms with Crippen molar-refractivity contribution < 1.29 is 9.53 Å². The van der Waals surface area contributed by atoms with Gasteiger partial charge in [-0.15, -0.1) is 0 Å². The van der Waals surface area contributed by atoms with Crippen LogP contribution in [-0.4, -0.2) is 37.0 Å². The molecule has 116 valence electrons. The van der Waals surface area contributed by atoms with Gasteiger partial charge in [-0.1, -0.05) is 54.6 Å². The predicted octanol–water partition coefficient (Wildman–Crippen LogP) is 3.34. The van der Waals surface area contributed by atoms with Crippen molar-refractivity contribution in [3.63, 3.8) is 0 Å². The van der Waals surface area contributed by atoms with Gasteiger partial charge in [0, 0.05) is 24.2 Å². The van der Waals surface area contributed by atoms with Gasteiger partial charge in [0.05, 0.1) is 19.3 Å². The molecule has 23 heavy (non-hydrogen) atoms. The number of morpholine rings is 1. The van der Waals surface area contributed by atoms with E-state index in [2.05, 4.69) is 11.0 Å². The Morgan fingerprint density at radius 3 is 2.43 bits per heavy atom. The number of rotatable bonds is 2. The molecule has 0 bridgehead atoms. The maximum absolute atomic E-state index is 12.9. The van der Waals surface area contributed by atoms with Gasteiger partial charge >= 0.3 is 0 Å². The van der Waals surface area contributed by atoms with Crippen molar-refractivity contribution in [3.05, 3.63) is 76.9 Å². The van der Waals surface area contributed by atoms with Gasteiger partial charge in [-0.05, 0) is 17.2 Å². The fraction of sp³-hybridized carbons (Fsp3) is 0.250. The molecule has 3 nitrogen and oxygen atoms in total. The van der Waals surface area contributed by atoms with Gasteiger partial charge in [-0.25, -0.2) is 0 Å². The van der Waals surface area contributed by atoms with Crippen LogP contribution in [0.2, 0.25) is 0 Å². The largest absolute Gasteiger partial charge is 0.379 e. The van der Waals surface area contributed by atoms with Gasteiger partial charge in [0.1, 0.15) is 0 Å². The molecule has 0 N–H and O–H groups in total. The molecular weight excluding hydrogens is 286 g/mol. The predicted molar refractivity (Wildman–Crippen MR) is 90.3 cm³/mol. The summed E-state index contributed by atoms with van der Waals surface area (Å²) < 4.78 is 5.48. The van der Waals surface area contributed by atoms with Crippen LogP contribution in [0.3, 0.4) is 0 Å². The zero-order valence-electron chi connectivity index (χ0n) is 12.9. The van der Waals surface area contributed by atoms with Gasteiger partial charge in [0.15, 0.2) is 5.78 Å². The van der Waals surface area contributed by atoms with Gasteiger partial charge in [0.25, 0.3) is 0 Å². The molecule has 1 saturated heterocycles. The topological polar surface area (TPSA) is 29.5 Å². The normalized spacial score (nSPS) is 23.2. The van der Waals surface area contributed by atoms with Gasteiger partial charge in [-0.2, -0.15) is 0 Å². The summed E-state index contributed by atoms with van der Waals surface area (Å²) in [7, 11) is 0. The Kier molecular flexibility index (Phi) is 3.82. The molecule has 1 fully saturated rings. The van der Waals surface area contributed by atoms with E-state index in [1.54, 1.807) is 0 Å². The van der Waals surface area contributed by atoms with Crippen LogP contribution < -0.4 is 0 Å². The van der Waals surface area contributed by atoms with Gasteiger partial charge < -0.3 is 4.74 Å². The van der Waals surface area contributed by atoms with Crippen molar-refractivity contribution in [2.45, 2.75) is 6.04 Å². The second kappa shape index (κ2) is 6.11. The average Bonchev–Trinajstić information content (AvgIpc) is 2.89. The Labute approximate surface area is 136 Å². The van der Waals surface area contributed by atoms with E-state index < -0.39 is 0 Å². The van der Waals surface area contributed by atoms with Crippen molar-refractivity contribution in [2.75, 3.05) is 26.3 Å². The lowest BCUT2D eigenvalue weighted by molar-refractivity contribution is 0.0242. The second-order valence-electron chi connectivity index (χ2n) is 5.98. The Balaban J connectivity index is 1.80. The fourth-order valence-corrected chi connectivity index (χ4v) is 3.49. The Hall–Kier alpha value is -2.23. The smallest absolute Gasteiger partial charge is 0.191 e. The van der Waals surface area contributed by atoms with Gasteiger partial charge in [-0.3, -0.25) is 9.69 Å². The van der Waals surface area contributed by atoms with Crippen LogP contribution in [0, 0.1) is 0 Å². The Morgan fingerprint density at radius 2 is 1.65 bits per heavy atom. The highest BCUT2D eigenvalue weighted by molar-refractivity contribution is 6.16. The molecule has 0 amide bonds. The molecule has 0 aromatic heterocycles. The molecule has 0 saturated carbocycles. The van der Waals surface area contributed by atoms with Crippen LogP contribution in [0.15, 0.2) is 60.2 Å². The zero-order chi connectivity index (χ0) is 15.6. The Bertz CT molecular complexity index is 745. The third-order valence-electron chi connectivity index (χ3n) is 4.59. The lowest BCUT2D eigenvalue weighted by atomic mass is 10.0. The number of hydrogen-bond donors (Lipinski definition) is 0. The van der Waals surface area contributed by atoms with Crippen molar-refractivity contribution in [1.82, 2.24) is 4.90 Å². The summed E-state index contributed by atoms with van der Waals surface area (Å²) in [6, 6.07) is 18.1. The van der Waals surface area contributed by atoms with Gasteiger partial charge in [0.2, 0.25) is 0 Å². The maximum atomic E-state index is 12.9. The lowest BCUT2D eigenvalue weighted by Crippen LogP contribution is -2.39. The highest BCUT2D eigenvalue weighted by Gasteiger charge is 2.38. The summed E-state index contributed by atoms with van der Waals surface area (Å²) in [6.45, 7) is 3.17. The Morgan fingerprint density at radius 1 is 0.957 bits per heavy atom. The average molecular weight is 305 g/mol. The fourth-order valence-electron chi connectivity index (χ4n) is 3.49. The first kappa shape index (κ1) is 14.4. The van der Waals surface area contributed by atoms with Crippen LogP contribution in [0.4, 0.5) is 0 Å². The van der Waals surface area contributed by atoms with E-state index in [9.17, 15) is 4.79 Å². The molecule has 1 heterocycles. The molecule has 4 rings (SSSR count). The van der Waals surface area contributed by atoms with E-state index in [4.69, 9.17) is 4.74 Å². The SMILES string of the molecule is O=C1/C(=C/c2ccccc2)[C@H](N2CCOCC2)c2ccccc21. The second-order valence-corrected chi connectivity index (χ2v) is 5.98. The van der Waals surface area contributed by atoms with Crippen LogP contribution in [0.5, 0.6) is 0 Å². The third-order valence-corrected chi connectivity index (χ3v) is 4.59. The summed E-state index contributed by atoms with van der Waals surface area (Å²) in [6.07, 6.45) is 2.04. The zero-order valence-corrected chi connectivity index (χ0v) is 12.9. The van der Waals surface area contributed by atoms with E-state index in [1.165, 1.54) is 0 Å². The number of ketones is 1. The number of fused-ring (bicyclic) bond motifs is 1. The molecule has 2 aromatic rings. The van der Waals surface area contributed by atoms with Crippen molar-refractivity contribution in [1.29, 1.82) is 0 Å². The quantitative estimate of drug-likeness (QED) is 0.797. The third kappa shape index (κ3) is 2.62. The minimum Gasteiger partial charge on any atom is -0.379 e. The molecule has 1 atom stereocenters. The molecule has 1 aliphatic heterocycles. The first-order valence-electron chi connectivity index (χ1n) is 8.06. The van der Waals surface area contributed by atoms with Crippen molar-refractivity contribution in [2.24, 2.45) is 0 Å². The monoisotopic (exact) mass is 305 g/mol. The van der Waals surface area contributed by atoms with Crippen LogP contribution in [0.25, 0.3) is 6.08 Å². The number of benzene rings is 2. The van der Waals surface area contributed by atoms with E-state index in [0.29, 0.717) is 0 Å². The van der Waals surface area contributed by atoms with E-state index >= 15 is 0 Å². The molecule has 2 aliphatic rings. The van der Waals surface area contributed by atoms with Crippen molar-refractivity contribution in [3.8, 4) is 0 Å². The number of Topliss-reactive ketones (excluding diaryl/α,β-unsaturated/α-hetero) is 1. The van der Waals surface area contributed by atoms with E-state index in [1.807, 2.05) is 54.6 Å². The number of nitrogens with zero attached hydrogens (tertiary/aromatic N) is 1. The lowest BCUT2D eigenvalue weighted by Gasteiger charge is -2.33. The molecular formula is C20H19NO2. The summed E-state index contributed by atoms with van der Waals surface area (Å²) in [4.78, 5) is 15.3. The molecule has 0 spiro atoms. The van der Waals surface area contributed by atoms with Crippen LogP contribution >= 0.6 is 0 Å². The molecule has 1 aliphatic carbocycles. The van der Waals surface area contributed by atoms with E-state index in [0.717, 1.165) is 48.6 Å².